The van der Waals surface area contributed by atoms with E-state index >= 15 is 0 Å². The molecule has 0 atom stereocenters. The molecule has 1 aromatic heterocycles. The van der Waals surface area contributed by atoms with Gasteiger partial charge in [0, 0.05) is 10.6 Å². The number of aromatic nitrogens is 2. The van der Waals surface area contributed by atoms with Crippen molar-refractivity contribution in [1.82, 2.24) is 10.1 Å². The molecular weight excluding hydrogens is 216 g/mol. The predicted molar refractivity (Wildman–Crippen MR) is 53.9 cm³/mol. The number of halogens is 1. The highest BCUT2D eigenvalue weighted by atomic mass is 35.5. The second kappa shape index (κ2) is 4.00. The third kappa shape index (κ3) is 2.00. The van der Waals surface area contributed by atoms with Crippen molar-refractivity contribution >= 4 is 11.6 Å². The minimum atomic E-state index is -0.507. The first-order valence-electron chi connectivity index (χ1n) is 4.38. The van der Waals surface area contributed by atoms with Crippen LogP contribution in [0.15, 0.2) is 22.7 Å². The lowest BCUT2D eigenvalue weighted by atomic mass is 10.1. The zero-order chi connectivity index (χ0) is 10.8. The Bertz CT molecular complexity index is 482. The van der Waals surface area contributed by atoms with Crippen molar-refractivity contribution in [3.63, 3.8) is 0 Å². The first-order chi connectivity index (χ1) is 7.20. The molecule has 15 heavy (non-hydrogen) atoms. The highest BCUT2D eigenvalue weighted by Gasteiger charge is 2.10. The van der Waals surface area contributed by atoms with Gasteiger partial charge in [-0.15, -0.1) is 0 Å². The molecule has 1 heterocycles. The molecule has 0 aliphatic carbocycles. The molecule has 77 valence electrons. The van der Waals surface area contributed by atoms with E-state index in [0.29, 0.717) is 10.8 Å². The summed E-state index contributed by atoms with van der Waals surface area (Å²) >= 11 is 5.86. The third-order valence-corrected chi connectivity index (χ3v) is 2.27. The standard InChI is InChI=1S/C10H8ClN2O2/c1-6-2-3-7(11)4-8(6)10-12-9(5-14)15-13-10/h2-4H,5H2,1H3. The summed E-state index contributed by atoms with van der Waals surface area (Å²) in [6, 6.07) is 5.40. The van der Waals surface area contributed by atoms with E-state index in [2.05, 4.69) is 10.1 Å². The summed E-state index contributed by atoms with van der Waals surface area (Å²) in [6.07, 6.45) is 0. The molecule has 2 aromatic rings. The number of nitrogens with zero attached hydrogens (tertiary/aromatic N) is 2. The zero-order valence-corrected chi connectivity index (χ0v) is 8.78. The van der Waals surface area contributed by atoms with Crippen LogP contribution in [0.25, 0.3) is 11.4 Å². The van der Waals surface area contributed by atoms with Crippen LogP contribution in [-0.2, 0) is 11.7 Å². The molecule has 0 N–H and O–H groups in total. The van der Waals surface area contributed by atoms with E-state index in [9.17, 15) is 5.11 Å². The summed E-state index contributed by atoms with van der Waals surface area (Å²) in [7, 11) is 0. The van der Waals surface area contributed by atoms with E-state index < -0.39 is 6.61 Å². The van der Waals surface area contributed by atoms with Gasteiger partial charge in [-0.2, -0.15) is 4.98 Å². The lowest BCUT2D eigenvalue weighted by Gasteiger charge is -2.00. The molecule has 0 fully saturated rings. The van der Waals surface area contributed by atoms with Crippen LogP contribution in [0.5, 0.6) is 0 Å². The average Bonchev–Trinajstić information content (AvgIpc) is 2.70. The van der Waals surface area contributed by atoms with E-state index in [1.807, 2.05) is 13.0 Å². The smallest absolute Gasteiger partial charge is 0.256 e. The van der Waals surface area contributed by atoms with Crippen LogP contribution in [-0.4, -0.2) is 10.1 Å². The molecule has 0 aliphatic heterocycles. The van der Waals surface area contributed by atoms with Gasteiger partial charge in [0.25, 0.3) is 5.89 Å². The quantitative estimate of drug-likeness (QED) is 0.786. The maximum atomic E-state index is 10.5. The van der Waals surface area contributed by atoms with Crippen molar-refractivity contribution in [3.8, 4) is 11.4 Å². The van der Waals surface area contributed by atoms with Gasteiger partial charge in [-0.05, 0) is 24.6 Å². The molecule has 0 saturated heterocycles. The fourth-order valence-corrected chi connectivity index (χ4v) is 1.43. The van der Waals surface area contributed by atoms with Crippen molar-refractivity contribution in [1.29, 1.82) is 0 Å². The minimum absolute atomic E-state index is 0.0874. The first-order valence-corrected chi connectivity index (χ1v) is 4.75. The lowest BCUT2D eigenvalue weighted by molar-refractivity contribution is 0.142. The fraction of sp³-hybridized carbons (Fsp3) is 0.200. The number of benzene rings is 1. The van der Waals surface area contributed by atoms with E-state index in [0.717, 1.165) is 11.1 Å². The Labute approximate surface area is 91.5 Å². The molecule has 0 amide bonds. The Hall–Kier alpha value is -1.39. The second-order valence-electron chi connectivity index (χ2n) is 3.12. The van der Waals surface area contributed by atoms with E-state index in [4.69, 9.17) is 16.1 Å². The largest absolute Gasteiger partial charge is 0.336 e. The van der Waals surface area contributed by atoms with Crippen molar-refractivity contribution < 1.29 is 9.63 Å². The van der Waals surface area contributed by atoms with Gasteiger partial charge in [0.05, 0.1) is 0 Å². The van der Waals surface area contributed by atoms with Gasteiger partial charge in [0.15, 0.2) is 6.61 Å². The molecule has 1 radical (unpaired) electrons. The van der Waals surface area contributed by atoms with Crippen molar-refractivity contribution in [2.45, 2.75) is 13.5 Å². The third-order valence-electron chi connectivity index (χ3n) is 2.03. The summed E-state index contributed by atoms with van der Waals surface area (Å²) in [5, 5.41) is 14.8. The zero-order valence-electron chi connectivity index (χ0n) is 8.03. The van der Waals surface area contributed by atoms with Crippen LogP contribution in [0.1, 0.15) is 11.5 Å². The molecule has 0 unspecified atom stereocenters. The highest BCUT2D eigenvalue weighted by Crippen LogP contribution is 2.24. The molecule has 5 heteroatoms. The second-order valence-corrected chi connectivity index (χ2v) is 3.55. The van der Waals surface area contributed by atoms with Crippen LogP contribution in [0.4, 0.5) is 0 Å². The number of aryl methyl sites for hydroxylation is 1. The number of hydrogen-bond acceptors (Lipinski definition) is 3. The summed E-state index contributed by atoms with van der Waals surface area (Å²) < 4.78 is 4.75. The molecular formula is C10H8ClN2O2. The number of hydrogen-bond donors (Lipinski definition) is 0. The molecule has 1 aromatic carbocycles. The normalized spacial score (nSPS) is 10.6. The number of rotatable bonds is 2. The maximum Gasteiger partial charge on any atom is 0.256 e. The first kappa shape index (κ1) is 10.1. The lowest BCUT2D eigenvalue weighted by Crippen LogP contribution is -1.86. The Morgan fingerprint density at radius 1 is 1.47 bits per heavy atom. The van der Waals surface area contributed by atoms with Crippen molar-refractivity contribution in [2.24, 2.45) is 0 Å². The highest BCUT2D eigenvalue weighted by molar-refractivity contribution is 6.30. The van der Waals surface area contributed by atoms with Crippen molar-refractivity contribution in [3.05, 3.63) is 34.7 Å². The van der Waals surface area contributed by atoms with Gasteiger partial charge in [-0.25, -0.2) is 5.11 Å². The molecule has 0 aliphatic rings. The van der Waals surface area contributed by atoms with Gasteiger partial charge in [0.1, 0.15) is 0 Å². The molecule has 4 nitrogen and oxygen atoms in total. The van der Waals surface area contributed by atoms with E-state index in [1.54, 1.807) is 12.1 Å². The predicted octanol–water partition coefficient (Wildman–Crippen LogP) is 2.63. The van der Waals surface area contributed by atoms with Crippen LogP contribution in [0.3, 0.4) is 0 Å². The van der Waals surface area contributed by atoms with Crippen LogP contribution < -0.4 is 0 Å². The Kier molecular flexibility index (Phi) is 2.70. The topological polar surface area (TPSA) is 58.8 Å². The van der Waals surface area contributed by atoms with Gasteiger partial charge in [-0.3, -0.25) is 0 Å². The molecule has 2 rings (SSSR count). The monoisotopic (exact) mass is 223 g/mol. The van der Waals surface area contributed by atoms with E-state index in [-0.39, 0.29) is 5.89 Å². The SMILES string of the molecule is Cc1ccc(Cl)cc1-c1noc(C[O])n1. The summed E-state index contributed by atoms with van der Waals surface area (Å²) in [5.41, 5.74) is 1.77. The summed E-state index contributed by atoms with van der Waals surface area (Å²) in [4.78, 5) is 3.95. The van der Waals surface area contributed by atoms with Crippen molar-refractivity contribution in [2.75, 3.05) is 0 Å². The summed E-state index contributed by atoms with van der Waals surface area (Å²) in [5.74, 6) is 0.491. The Balaban J connectivity index is 2.48. The minimum Gasteiger partial charge on any atom is -0.336 e. The van der Waals surface area contributed by atoms with Gasteiger partial charge in [-0.1, -0.05) is 22.8 Å². The fourth-order valence-electron chi connectivity index (χ4n) is 1.26. The van der Waals surface area contributed by atoms with Gasteiger partial charge >= 0.3 is 0 Å². The van der Waals surface area contributed by atoms with Crippen LogP contribution in [0.2, 0.25) is 5.02 Å². The van der Waals surface area contributed by atoms with E-state index in [1.165, 1.54) is 0 Å². The van der Waals surface area contributed by atoms with Gasteiger partial charge < -0.3 is 4.52 Å². The molecule has 0 bridgehead atoms. The summed E-state index contributed by atoms with van der Waals surface area (Å²) in [6.45, 7) is 1.41. The van der Waals surface area contributed by atoms with Crippen LogP contribution >= 0.6 is 11.6 Å². The Morgan fingerprint density at radius 2 is 2.27 bits per heavy atom. The average molecular weight is 224 g/mol. The Morgan fingerprint density at radius 3 is 2.93 bits per heavy atom. The molecule has 0 saturated carbocycles. The van der Waals surface area contributed by atoms with Crippen LogP contribution in [0, 0.1) is 6.92 Å². The maximum absolute atomic E-state index is 10.5. The molecule has 0 spiro atoms. The van der Waals surface area contributed by atoms with Gasteiger partial charge in [0.2, 0.25) is 5.82 Å².